The molecule has 2 N–H and O–H groups in total. The number of amides is 2. The molecule has 1 heterocycles. The Balaban J connectivity index is 1.50. The van der Waals surface area contributed by atoms with Gasteiger partial charge < -0.3 is 24.8 Å². The standard InChI is InChI=1S/C21H22N2O5/c1-26-17-9-7-14(11-19(17)28-15-4-2-3-5-15)22-21(25)13-6-8-16-18(10-13)27-12-20(24)23-16/h6-11,15H,2-5,12H2,1H3,(H,22,25)(H,23,24). The van der Waals surface area contributed by atoms with E-state index in [1.54, 1.807) is 43.5 Å². The van der Waals surface area contributed by atoms with Crippen molar-refractivity contribution in [3.05, 3.63) is 42.0 Å². The summed E-state index contributed by atoms with van der Waals surface area (Å²) in [5.74, 6) is 1.26. The summed E-state index contributed by atoms with van der Waals surface area (Å²) in [6.45, 7) is -0.0571. The van der Waals surface area contributed by atoms with Crippen molar-refractivity contribution in [2.75, 3.05) is 24.4 Å². The lowest BCUT2D eigenvalue weighted by Crippen LogP contribution is -2.25. The van der Waals surface area contributed by atoms with Gasteiger partial charge >= 0.3 is 0 Å². The van der Waals surface area contributed by atoms with Gasteiger partial charge in [-0.2, -0.15) is 0 Å². The Morgan fingerprint density at radius 2 is 1.96 bits per heavy atom. The van der Waals surface area contributed by atoms with E-state index in [9.17, 15) is 9.59 Å². The van der Waals surface area contributed by atoms with Crippen molar-refractivity contribution in [1.29, 1.82) is 0 Å². The molecule has 28 heavy (non-hydrogen) atoms. The van der Waals surface area contributed by atoms with Gasteiger partial charge in [0.25, 0.3) is 11.8 Å². The molecule has 2 aromatic carbocycles. The maximum atomic E-state index is 12.6. The number of methoxy groups -OCH3 is 1. The van der Waals surface area contributed by atoms with Crippen LogP contribution in [0.25, 0.3) is 0 Å². The number of carbonyl (C=O) groups excluding carboxylic acids is 2. The fourth-order valence-electron chi connectivity index (χ4n) is 3.45. The number of rotatable bonds is 5. The lowest BCUT2D eigenvalue weighted by atomic mass is 10.1. The molecular weight excluding hydrogens is 360 g/mol. The third-order valence-corrected chi connectivity index (χ3v) is 4.89. The van der Waals surface area contributed by atoms with Crippen molar-refractivity contribution in [3.8, 4) is 17.2 Å². The molecule has 0 bridgehead atoms. The van der Waals surface area contributed by atoms with E-state index < -0.39 is 0 Å². The van der Waals surface area contributed by atoms with Crippen LogP contribution in [0.5, 0.6) is 17.2 Å². The van der Waals surface area contributed by atoms with Crippen LogP contribution >= 0.6 is 0 Å². The summed E-state index contributed by atoms with van der Waals surface area (Å²) in [4.78, 5) is 24.0. The molecule has 1 saturated carbocycles. The Labute approximate surface area is 163 Å². The number of ether oxygens (including phenoxy) is 3. The average molecular weight is 382 g/mol. The van der Waals surface area contributed by atoms with Crippen molar-refractivity contribution in [1.82, 2.24) is 0 Å². The third kappa shape index (κ3) is 3.88. The summed E-state index contributed by atoms with van der Waals surface area (Å²) in [5.41, 5.74) is 1.61. The summed E-state index contributed by atoms with van der Waals surface area (Å²) in [6.07, 6.45) is 4.60. The Bertz CT molecular complexity index is 906. The lowest BCUT2D eigenvalue weighted by molar-refractivity contribution is -0.118. The van der Waals surface area contributed by atoms with Crippen LogP contribution in [0.2, 0.25) is 0 Å². The van der Waals surface area contributed by atoms with Crippen molar-refractivity contribution in [3.63, 3.8) is 0 Å². The monoisotopic (exact) mass is 382 g/mol. The first kappa shape index (κ1) is 18.2. The van der Waals surface area contributed by atoms with Gasteiger partial charge in [0.15, 0.2) is 18.1 Å². The van der Waals surface area contributed by atoms with E-state index in [1.807, 2.05) is 0 Å². The SMILES string of the molecule is COc1ccc(NC(=O)c2ccc3c(c2)OCC(=O)N3)cc1OC1CCCC1. The third-order valence-electron chi connectivity index (χ3n) is 4.89. The first-order valence-corrected chi connectivity index (χ1v) is 9.35. The molecule has 7 heteroatoms. The van der Waals surface area contributed by atoms with Crippen LogP contribution in [0.4, 0.5) is 11.4 Å². The van der Waals surface area contributed by atoms with Crippen LogP contribution in [0.1, 0.15) is 36.0 Å². The highest BCUT2D eigenvalue weighted by molar-refractivity contribution is 6.05. The Kier molecular flexibility index (Phi) is 5.06. The van der Waals surface area contributed by atoms with Crippen LogP contribution < -0.4 is 24.8 Å². The molecule has 1 aliphatic heterocycles. The molecule has 7 nitrogen and oxygen atoms in total. The normalized spacial score (nSPS) is 16.0. The fraction of sp³-hybridized carbons (Fsp3) is 0.333. The molecule has 0 radical (unpaired) electrons. The van der Waals surface area contributed by atoms with Crippen molar-refractivity contribution in [2.45, 2.75) is 31.8 Å². The van der Waals surface area contributed by atoms with E-state index in [-0.39, 0.29) is 24.5 Å². The van der Waals surface area contributed by atoms with Crippen molar-refractivity contribution in [2.24, 2.45) is 0 Å². The van der Waals surface area contributed by atoms with E-state index in [0.717, 1.165) is 12.8 Å². The molecule has 0 aromatic heterocycles. The molecule has 0 atom stereocenters. The second-order valence-electron chi connectivity index (χ2n) is 6.89. The Morgan fingerprint density at radius 3 is 2.75 bits per heavy atom. The fourth-order valence-corrected chi connectivity index (χ4v) is 3.45. The molecule has 1 fully saturated rings. The molecule has 2 aromatic rings. The Hall–Kier alpha value is -3.22. The predicted octanol–water partition coefficient (Wildman–Crippen LogP) is 3.60. The molecule has 0 unspecified atom stereocenters. The Morgan fingerprint density at radius 1 is 1.14 bits per heavy atom. The van der Waals surface area contributed by atoms with Crippen LogP contribution in [-0.4, -0.2) is 31.6 Å². The van der Waals surface area contributed by atoms with Gasteiger partial charge in [0, 0.05) is 17.3 Å². The molecule has 146 valence electrons. The largest absolute Gasteiger partial charge is 0.493 e. The number of hydrogen-bond donors (Lipinski definition) is 2. The lowest BCUT2D eigenvalue weighted by Gasteiger charge is -2.19. The van der Waals surface area contributed by atoms with Gasteiger partial charge in [-0.05, 0) is 56.0 Å². The van der Waals surface area contributed by atoms with E-state index >= 15 is 0 Å². The molecule has 1 aliphatic carbocycles. The maximum Gasteiger partial charge on any atom is 0.262 e. The van der Waals surface area contributed by atoms with E-state index in [4.69, 9.17) is 14.2 Å². The van der Waals surface area contributed by atoms with Gasteiger partial charge in [0.2, 0.25) is 0 Å². The van der Waals surface area contributed by atoms with Crippen LogP contribution in [0, 0.1) is 0 Å². The minimum absolute atomic E-state index is 0.0571. The smallest absolute Gasteiger partial charge is 0.262 e. The molecule has 2 aliphatic rings. The number of fused-ring (bicyclic) bond motifs is 1. The zero-order valence-electron chi connectivity index (χ0n) is 15.6. The zero-order valence-corrected chi connectivity index (χ0v) is 15.6. The first-order chi connectivity index (χ1) is 13.6. The predicted molar refractivity (Wildman–Crippen MR) is 104 cm³/mol. The highest BCUT2D eigenvalue weighted by atomic mass is 16.5. The number of benzene rings is 2. The first-order valence-electron chi connectivity index (χ1n) is 9.35. The van der Waals surface area contributed by atoms with Gasteiger partial charge in [-0.15, -0.1) is 0 Å². The minimum atomic E-state index is -0.278. The highest BCUT2D eigenvalue weighted by Gasteiger charge is 2.20. The highest BCUT2D eigenvalue weighted by Crippen LogP contribution is 2.34. The average Bonchev–Trinajstić information content (AvgIpc) is 3.21. The molecule has 0 saturated heterocycles. The van der Waals surface area contributed by atoms with Gasteiger partial charge in [-0.1, -0.05) is 0 Å². The van der Waals surface area contributed by atoms with Gasteiger partial charge in [0.1, 0.15) is 5.75 Å². The number of anilines is 2. The summed E-state index contributed by atoms with van der Waals surface area (Å²) in [5, 5.41) is 5.58. The van der Waals surface area contributed by atoms with E-state index in [2.05, 4.69) is 10.6 Å². The topological polar surface area (TPSA) is 85.9 Å². The quantitative estimate of drug-likeness (QED) is 0.825. The summed E-state index contributed by atoms with van der Waals surface area (Å²) in [6, 6.07) is 10.2. The van der Waals surface area contributed by atoms with Crippen molar-refractivity contribution < 1.29 is 23.8 Å². The second kappa shape index (κ2) is 7.80. The molecular formula is C21H22N2O5. The summed E-state index contributed by atoms with van der Waals surface area (Å²) < 4.78 is 16.8. The number of carbonyl (C=O) groups is 2. The van der Waals surface area contributed by atoms with Gasteiger partial charge in [-0.25, -0.2) is 0 Å². The van der Waals surface area contributed by atoms with Crippen LogP contribution in [-0.2, 0) is 4.79 Å². The second-order valence-corrected chi connectivity index (χ2v) is 6.89. The molecule has 2 amide bonds. The summed E-state index contributed by atoms with van der Waals surface area (Å²) >= 11 is 0. The van der Waals surface area contributed by atoms with Gasteiger partial charge in [-0.3, -0.25) is 9.59 Å². The van der Waals surface area contributed by atoms with Gasteiger partial charge in [0.05, 0.1) is 18.9 Å². The van der Waals surface area contributed by atoms with Crippen molar-refractivity contribution >= 4 is 23.2 Å². The molecule has 0 spiro atoms. The minimum Gasteiger partial charge on any atom is -0.493 e. The maximum absolute atomic E-state index is 12.6. The van der Waals surface area contributed by atoms with Crippen LogP contribution in [0.3, 0.4) is 0 Å². The molecule has 4 rings (SSSR count). The number of nitrogens with one attached hydrogen (secondary N) is 2. The zero-order chi connectivity index (χ0) is 19.5. The van der Waals surface area contributed by atoms with E-state index in [1.165, 1.54) is 12.8 Å². The number of hydrogen-bond acceptors (Lipinski definition) is 5. The van der Waals surface area contributed by atoms with E-state index in [0.29, 0.717) is 34.2 Å². The van der Waals surface area contributed by atoms with Crippen LogP contribution in [0.15, 0.2) is 36.4 Å². The summed E-state index contributed by atoms with van der Waals surface area (Å²) in [7, 11) is 1.60.